The van der Waals surface area contributed by atoms with Gasteiger partial charge in [-0.05, 0) is 25.1 Å². The Morgan fingerprint density at radius 3 is 2.86 bits per heavy atom. The first kappa shape index (κ1) is 13.7. The molecule has 2 aromatic rings. The second kappa shape index (κ2) is 6.01. The summed E-state index contributed by atoms with van der Waals surface area (Å²) in [5, 5.41) is 0. The molecule has 1 atom stereocenters. The molecule has 0 spiro atoms. The van der Waals surface area contributed by atoms with Crippen molar-refractivity contribution in [3.63, 3.8) is 0 Å². The van der Waals surface area contributed by atoms with E-state index < -0.39 is 0 Å². The van der Waals surface area contributed by atoms with Gasteiger partial charge in [0.2, 0.25) is 0 Å². The van der Waals surface area contributed by atoms with Crippen molar-refractivity contribution < 1.29 is 9.53 Å². The third-order valence-electron chi connectivity index (χ3n) is 3.48. The molecule has 1 fully saturated rings. The molecule has 2 heterocycles. The van der Waals surface area contributed by atoms with Crippen molar-refractivity contribution >= 4 is 5.91 Å². The number of amides is 1. The number of hydrogen-bond donors (Lipinski definition) is 0. The Morgan fingerprint density at radius 1 is 1.29 bits per heavy atom. The van der Waals surface area contributed by atoms with E-state index in [9.17, 15) is 4.79 Å². The molecule has 21 heavy (non-hydrogen) atoms. The summed E-state index contributed by atoms with van der Waals surface area (Å²) in [5.74, 6) is 0.664. The molecule has 0 bridgehead atoms. The maximum absolute atomic E-state index is 12.5. The SMILES string of the molecule is Cc1ccnc([C@@H]2CN(C(=O)c3ccccc3)CCO2)n1. The third-order valence-corrected chi connectivity index (χ3v) is 3.48. The maximum Gasteiger partial charge on any atom is 0.254 e. The first-order valence-corrected chi connectivity index (χ1v) is 6.99. The van der Waals surface area contributed by atoms with Crippen molar-refractivity contribution in [3.05, 3.63) is 59.7 Å². The zero-order valence-corrected chi connectivity index (χ0v) is 11.9. The summed E-state index contributed by atoms with van der Waals surface area (Å²) in [4.78, 5) is 22.9. The fourth-order valence-electron chi connectivity index (χ4n) is 2.38. The number of carbonyl (C=O) groups is 1. The van der Waals surface area contributed by atoms with Gasteiger partial charge in [0.15, 0.2) is 5.82 Å². The van der Waals surface area contributed by atoms with Crippen molar-refractivity contribution in [2.45, 2.75) is 13.0 Å². The summed E-state index contributed by atoms with van der Waals surface area (Å²) in [7, 11) is 0. The molecule has 1 aliphatic rings. The molecular formula is C16H17N3O2. The van der Waals surface area contributed by atoms with Gasteiger partial charge in [-0.25, -0.2) is 9.97 Å². The molecule has 3 rings (SSSR count). The van der Waals surface area contributed by atoms with Crippen LogP contribution in [-0.2, 0) is 4.74 Å². The van der Waals surface area contributed by atoms with Gasteiger partial charge in [0.1, 0.15) is 6.10 Å². The molecule has 5 nitrogen and oxygen atoms in total. The lowest BCUT2D eigenvalue weighted by Gasteiger charge is -2.32. The van der Waals surface area contributed by atoms with Crippen molar-refractivity contribution in [2.24, 2.45) is 0 Å². The third kappa shape index (κ3) is 3.08. The second-order valence-corrected chi connectivity index (χ2v) is 5.03. The Labute approximate surface area is 123 Å². The first-order valence-electron chi connectivity index (χ1n) is 6.99. The molecule has 108 valence electrons. The molecule has 0 N–H and O–H groups in total. The number of ether oxygens (including phenoxy) is 1. The summed E-state index contributed by atoms with van der Waals surface area (Å²) in [6, 6.07) is 11.1. The molecule has 0 aliphatic carbocycles. The monoisotopic (exact) mass is 283 g/mol. The van der Waals surface area contributed by atoms with Crippen molar-refractivity contribution in [3.8, 4) is 0 Å². The predicted molar refractivity (Wildman–Crippen MR) is 77.8 cm³/mol. The van der Waals surface area contributed by atoms with Crippen molar-refractivity contribution in [2.75, 3.05) is 19.7 Å². The summed E-state index contributed by atoms with van der Waals surface area (Å²) in [6.07, 6.45) is 1.46. The van der Waals surface area contributed by atoms with Gasteiger partial charge in [0, 0.05) is 24.0 Å². The highest BCUT2D eigenvalue weighted by Crippen LogP contribution is 2.20. The average Bonchev–Trinajstić information content (AvgIpc) is 2.55. The minimum atomic E-state index is -0.258. The summed E-state index contributed by atoms with van der Waals surface area (Å²) >= 11 is 0. The average molecular weight is 283 g/mol. The predicted octanol–water partition coefficient (Wildman–Crippen LogP) is 2.00. The first-order chi connectivity index (χ1) is 10.2. The molecule has 1 aliphatic heterocycles. The number of morpholine rings is 1. The van der Waals surface area contributed by atoms with Gasteiger partial charge in [-0.1, -0.05) is 18.2 Å². The number of rotatable bonds is 2. The lowest BCUT2D eigenvalue weighted by Crippen LogP contribution is -2.42. The van der Waals surface area contributed by atoms with Crippen LogP contribution in [0.2, 0.25) is 0 Å². The molecular weight excluding hydrogens is 266 g/mol. The van der Waals surface area contributed by atoms with Crippen LogP contribution in [-0.4, -0.2) is 40.5 Å². The van der Waals surface area contributed by atoms with Crippen LogP contribution < -0.4 is 0 Å². The zero-order valence-electron chi connectivity index (χ0n) is 11.9. The number of aryl methyl sites for hydroxylation is 1. The fourth-order valence-corrected chi connectivity index (χ4v) is 2.38. The van der Waals surface area contributed by atoms with E-state index in [0.717, 1.165) is 5.69 Å². The maximum atomic E-state index is 12.5. The smallest absolute Gasteiger partial charge is 0.254 e. The number of carbonyl (C=O) groups excluding carboxylic acids is 1. The van der Waals surface area contributed by atoms with Gasteiger partial charge in [-0.15, -0.1) is 0 Å². The van der Waals surface area contributed by atoms with Gasteiger partial charge in [-0.2, -0.15) is 0 Å². The second-order valence-electron chi connectivity index (χ2n) is 5.03. The minimum absolute atomic E-state index is 0.0246. The molecule has 1 amide bonds. The zero-order chi connectivity index (χ0) is 14.7. The molecule has 1 aromatic carbocycles. The standard InChI is InChI=1S/C16H17N3O2/c1-12-7-8-17-15(18-12)14-11-19(9-10-21-14)16(20)13-5-3-2-4-6-13/h2-8,14H,9-11H2,1H3/t14-/m0/s1. The number of benzene rings is 1. The summed E-state index contributed by atoms with van der Waals surface area (Å²) < 4.78 is 5.72. The highest BCUT2D eigenvalue weighted by molar-refractivity contribution is 5.94. The fraction of sp³-hybridized carbons (Fsp3) is 0.312. The minimum Gasteiger partial charge on any atom is -0.367 e. The lowest BCUT2D eigenvalue weighted by molar-refractivity contribution is -0.0268. The number of hydrogen-bond acceptors (Lipinski definition) is 4. The van der Waals surface area contributed by atoms with Crippen LogP contribution in [0.4, 0.5) is 0 Å². The lowest BCUT2D eigenvalue weighted by atomic mass is 10.1. The van der Waals surface area contributed by atoms with Gasteiger partial charge < -0.3 is 9.64 Å². The normalized spacial score (nSPS) is 18.5. The topological polar surface area (TPSA) is 55.3 Å². The summed E-state index contributed by atoms with van der Waals surface area (Å²) in [5.41, 5.74) is 1.60. The van der Waals surface area contributed by atoms with Crippen LogP contribution >= 0.6 is 0 Å². The van der Waals surface area contributed by atoms with E-state index in [2.05, 4.69) is 9.97 Å². The van der Waals surface area contributed by atoms with Crippen LogP contribution in [0.15, 0.2) is 42.6 Å². The number of nitrogens with zero attached hydrogens (tertiary/aromatic N) is 3. The molecule has 1 saturated heterocycles. The van der Waals surface area contributed by atoms with E-state index in [1.807, 2.05) is 43.3 Å². The van der Waals surface area contributed by atoms with E-state index in [1.54, 1.807) is 11.1 Å². The van der Waals surface area contributed by atoms with Crippen molar-refractivity contribution in [1.29, 1.82) is 0 Å². The van der Waals surface area contributed by atoms with Gasteiger partial charge in [0.25, 0.3) is 5.91 Å². The van der Waals surface area contributed by atoms with E-state index in [1.165, 1.54) is 0 Å². The van der Waals surface area contributed by atoms with Crippen LogP contribution in [0.1, 0.15) is 28.0 Å². The van der Waals surface area contributed by atoms with Crippen LogP contribution in [0.5, 0.6) is 0 Å². The van der Waals surface area contributed by atoms with Gasteiger partial charge >= 0.3 is 0 Å². The van der Waals surface area contributed by atoms with Gasteiger partial charge in [-0.3, -0.25) is 4.79 Å². The number of aromatic nitrogens is 2. The highest BCUT2D eigenvalue weighted by atomic mass is 16.5. The molecule has 0 unspecified atom stereocenters. The highest BCUT2D eigenvalue weighted by Gasteiger charge is 2.27. The Balaban J connectivity index is 1.75. The van der Waals surface area contributed by atoms with Crippen molar-refractivity contribution in [1.82, 2.24) is 14.9 Å². The molecule has 0 saturated carbocycles. The molecule has 1 aromatic heterocycles. The Bertz CT molecular complexity index is 630. The Hall–Kier alpha value is -2.27. The van der Waals surface area contributed by atoms with E-state index in [4.69, 9.17) is 4.74 Å². The Kier molecular flexibility index (Phi) is 3.92. The summed E-state index contributed by atoms with van der Waals surface area (Å²) in [6.45, 7) is 3.49. The van der Waals surface area contributed by atoms with E-state index in [0.29, 0.717) is 31.1 Å². The van der Waals surface area contributed by atoms with E-state index >= 15 is 0 Å². The van der Waals surface area contributed by atoms with Gasteiger partial charge in [0.05, 0.1) is 13.2 Å². The van der Waals surface area contributed by atoms with Crippen LogP contribution in [0, 0.1) is 6.92 Å². The largest absolute Gasteiger partial charge is 0.367 e. The van der Waals surface area contributed by atoms with Crippen LogP contribution in [0.3, 0.4) is 0 Å². The molecule has 0 radical (unpaired) electrons. The van der Waals surface area contributed by atoms with Crippen LogP contribution in [0.25, 0.3) is 0 Å². The van der Waals surface area contributed by atoms with E-state index in [-0.39, 0.29) is 12.0 Å². The molecule has 5 heteroatoms. The Morgan fingerprint density at radius 2 is 2.10 bits per heavy atom. The quantitative estimate of drug-likeness (QED) is 0.846.